The first-order valence-corrected chi connectivity index (χ1v) is 23.8. The van der Waals surface area contributed by atoms with Gasteiger partial charge in [-0.25, -0.2) is 0 Å². The number of unbranched alkanes of at least 4 members (excludes halogenated alkanes) is 1. The summed E-state index contributed by atoms with van der Waals surface area (Å²) in [6.45, 7) is 16.3. The number of rotatable bonds is 16. The van der Waals surface area contributed by atoms with Crippen molar-refractivity contribution in [2.45, 2.75) is 141 Å². The van der Waals surface area contributed by atoms with Crippen LogP contribution in [0.4, 0.5) is 0 Å². The van der Waals surface area contributed by atoms with Gasteiger partial charge in [-0.3, -0.25) is 4.79 Å². The minimum absolute atomic E-state index is 0.0112. The molecule has 1 saturated heterocycles. The molecular weight excluding hydrogens is 761 g/mol. The predicted molar refractivity (Wildman–Crippen MR) is 238 cm³/mol. The van der Waals surface area contributed by atoms with Gasteiger partial charge in [-0.2, -0.15) is 0 Å². The molecule has 2 aliphatic carbocycles. The highest BCUT2D eigenvalue weighted by atomic mass is 28.3. The van der Waals surface area contributed by atoms with Gasteiger partial charge < -0.3 is 39.8 Å². The zero-order chi connectivity index (χ0) is 44.0. The van der Waals surface area contributed by atoms with Gasteiger partial charge in [0.05, 0.1) is 30.5 Å². The summed E-state index contributed by atoms with van der Waals surface area (Å²) in [7, 11) is -1.13. The van der Waals surface area contributed by atoms with E-state index in [9.17, 15) is 34.8 Å². The number of ether oxygens (including phenoxy) is 1. The third-order valence-corrected chi connectivity index (χ3v) is 11.3. The largest absolute Gasteiger partial charge is 0.481 e. The number of aryl methyl sites for hydroxylation is 2. The fraction of sp³-hybridized carbons (Fsp3) is 0.571. The van der Waals surface area contributed by atoms with Crippen LogP contribution >= 0.6 is 0 Å². The van der Waals surface area contributed by atoms with Crippen LogP contribution in [0.25, 0.3) is 0 Å². The van der Waals surface area contributed by atoms with Gasteiger partial charge in [-0.1, -0.05) is 118 Å². The number of carbonyl (C=O) groups is 1. The Morgan fingerprint density at radius 2 is 1.36 bits per heavy atom. The third kappa shape index (κ3) is 19.7. The van der Waals surface area contributed by atoms with Crippen LogP contribution in [0.2, 0.25) is 13.1 Å². The fourth-order valence-corrected chi connectivity index (χ4v) is 8.14. The Bertz CT molecular complexity index is 1550. The average Bonchev–Trinajstić information content (AvgIpc) is 3.78. The Kier molecular flexibility index (Phi) is 24.1. The molecule has 328 valence electrons. The standard InChI is InChI=1S/C23H32O5.C22H32O3.C2H6OSi.C2H4/c24-18(13-12-17-8-4-3-5-9-17)14-15-20-19(21(25)16-22(20)26)10-6-1-2-7-11-23(27)28;1-22(2,3)16(10-9-15-7-5-4-6-8-15)11-12-17-18-13-21(24)25-20(18)14-19(17)23;1-4(2)3;1-2/h1,3-6,8-9,14-15,18-22,24-26H,2,7,10-13,16H2,(H,27,28);4-8,11-12,16-21,23-24H,9-10,13-14H2,1-3H3;1-2H3;1-2H2/b6-1-,15-14+;12-11+;;/t18-,19+,20+,21-,22+;16-,17+,18+,19+,20-,21?;;/m00../s1. The first-order chi connectivity index (χ1) is 28.0. The highest BCUT2D eigenvalue weighted by molar-refractivity contribution is 6.38. The molecule has 1 heterocycles. The Morgan fingerprint density at radius 1 is 0.814 bits per heavy atom. The lowest BCUT2D eigenvalue weighted by Gasteiger charge is -2.29. The number of carboxylic acids is 1. The second kappa shape index (κ2) is 27.5. The lowest BCUT2D eigenvalue weighted by atomic mass is 9.76. The highest BCUT2D eigenvalue weighted by Crippen LogP contribution is 2.44. The molecule has 3 fully saturated rings. The Morgan fingerprint density at radius 3 is 1.92 bits per heavy atom. The van der Waals surface area contributed by atoms with Gasteiger partial charge in [0.25, 0.3) is 8.68 Å². The van der Waals surface area contributed by atoms with Crippen LogP contribution in [0.1, 0.15) is 89.7 Å². The van der Waals surface area contributed by atoms with Crippen molar-refractivity contribution in [1.29, 1.82) is 0 Å². The van der Waals surface area contributed by atoms with Gasteiger partial charge >= 0.3 is 5.97 Å². The molecule has 59 heavy (non-hydrogen) atoms. The molecule has 9 nitrogen and oxygen atoms in total. The SMILES string of the molecule is C=C.CC(C)(C)[C@H](/C=C/[C@@H]1[C@H]2CC(O)O[C@H]2C[C@H]1O)CCc1ccccc1.C[Si](C)=O.O=C(O)CCC/C=C\C[C@@H]1[C@@H](/C=C/[C@@H](O)CCc2ccccc2)[C@H](O)C[C@@H]1O. The highest BCUT2D eigenvalue weighted by Gasteiger charge is 2.47. The number of aliphatic hydroxyl groups excluding tert-OH is 5. The van der Waals surface area contributed by atoms with Crippen molar-refractivity contribution in [3.63, 3.8) is 0 Å². The number of allylic oxidation sites excluding steroid dienone is 3. The summed E-state index contributed by atoms with van der Waals surface area (Å²) in [5.41, 5.74) is 2.73. The molecular formula is C49H74O9Si. The van der Waals surface area contributed by atoms with E-state index in [1.165, 1.54) is 11.1 Å². The summed E-state index contributed by atoms with van der Waals surface area (Å²) in [4.78, 5) is 10.5. The second-order valence-electron chi connectivity index (χ2n) is 17.3. The molecule has 2 aromatic carbocycles. The molecule has 3 aliphatic rings. The van der Waals surface area contributed by atoms with E-state index in [0.717, 1.165) is 19.3 Å². The Balaban J connectivity index is 0.000000360. The van der Waals surface area contributed by atoms with Crippen molar-refractivity contribution >= 4 is 14.7 Å². The van der Waals surface area contributed by atoms with Gasteiger partial charge in [0.15, 0.2) is 6.29 Å². The molecule has 0 aromatic heterocycles. The first-order valence-electron chi connectivity index (χ1n) is 21.4. The van der Waals surface area contributed by atoms with Crippen molar-refractivity contribution in [1.82, 2.24) is 0 Å². The topological polar surface area (TPSA) is 165 Å². The minimum atomic E-state index is -1.13. The molecule has 0 bridgehead atoms. The van der Waals surface area contributed by atoms with Crippen molar-refractivity contribution in [2.75, 3.05) is 0 Å². The minimum Gasteiger partial charge on any atom is -0.481 e. The number of aliphatic hydroxyl groups is 5. The summed E-state index contributed by atoms with van der Waals surface area (Å²) >= 11 is 0. The Labute approximate surface area is 355 Å². The number of aliphatic carboxylic acids is 1. The van der Waals surface area contributed by atoms with E-state index in [2.05, 4.69) is 76.4 Å². The lowest BCUT2D eigenvalue weighted by Crippen LogP contribution is -2.22. The molecule has 6 N–H and O–H groups in total. The molecule has 2 aromatic rings. The number of hydrogen-bond acceptors (Lipinski definition) is 8. The summed E-state index contributed by atoms with van der Waals surface area (Å²) in [6.07, 6.45) is 16.5. The molecule has 2 saturated carbocycles. The monoisotopic (exact) mass is 835 g/mol. The zero-order valence-electron chi connectivity index (χ0n) is 36.2. The molecule has 10 heteroatoms. The van der Waals surface area contributed by atoms with Crippen molar-refractivity contribution in [3.05, 3.63) is 121 Å². The fourth-order valence-electron chi connectivity index (χ4n) is 8.14. The third-order valence-electron chi connectivity index (χ3n) is 11.3. The number of hydrogen-bond donors (Lipinski definition) is 6. The van der Waals surface area contributed by atoms with Crippen LogP contribution in [-0.4, -0.2) is 82.1 Å². The summed E-state index contributed by atoms with van der Waals surface area (Å²) in [5.74, 6) is -0.280. The van der Waals surface area contributed by atoms with Gasteiger partial charge in [-0.05, 0) is 92.3 Å². The molecule has 0 spiro atoms. The van der Waals surface area contributed by atoms with Gasteiger partial charge in [0.2, 0.25) is 0 Å². The number of fused-ring (bicyclic) bond motifs is 1. The lowest BCUT2D eigenvalue weighted by molar-refractivity contribution is -0.137. The molecule has 1 unspecified atom stereocenters. The summed E-state index contributed by atoms with van der Waals surface area (Å²) < 4.78 is 15.2. The molecule has 1 aliphatic heterocycles. The second-order valence-corrected chi connectivity index (χ2v) is 19.1. The number of carboxylic acid groups (broad SMARTS) is 1. The van der Waals surface area contributed by atoms with Crippen LogP contribution in [-0.2, 0) is 26.8 Å². The zero-order valence-corrected chi connectivity index (χ0v) is 37.2. The van der Waals surface area contributed by atoms with E-state index < -0.39 is 39.3 Å². The normalized spacial score (nSPS) is 27.3. The van der Waals surface area contributed by atoms with Crippen LogP contribution in [0.3, 0.4) is 0 Å². The number of benzene rings is 2. The molecule has 11 atom stereocenters. The predicted octanol–water partition coefficient (Wildman–Crippen LogP) is 8.51. The van der Waals surface area contributed by atoms with Crippen molar-refractivity contribution in [2.24, 2.45) is 35.0 Å². The first kappa shape index (κ1) is 51.8. The van der Waals surface area contributed by atoms with Crippen LogP contribution < -0.4 is 0 Å². The van der Waals surface area contributed by atoms with Crippen LogP contribution in [0.5, 0.6) is 0 Å². The van der Waals surface area contributed by atoms with Gasteiger partial charge in [0.1, 0.15) is 0 Å². The van der Waals surface area contributed by atoms with E-state index in [1.807, 2.05) is 48.6 Å². The quantitative estimate of drug-likeness (QED) is 0.0553. The molecule has 0 radical (unpaired) electrons. The maximum absolute atomic E-state index is 10.5. The van der Waals surface area contributed by atoms with Gasteiger partial charge in [0, 0.05) is 37.5 Å². The Hall–Kier alpha value is -3.35. The van der Waals surface area contributed by atoms with Gasteiger partial charge in [-0.15, -0.1) is 13.2 Å². The molecule has 0 amide bonds. The van der Waals surface area contributed by atoms with E-state index in [4.69, 9.17) is 9.84 Å². The maximum atomic E-state index is 10.5. The van der Waals surface area contributed by atoms with E-state index in [1.54, 1.807) is 19.2 Å². The van der Waals surface area contributed by atoms with Crippen LogP contribution in [0, 0.1) is 35.0 Å². The summed E-state index contributed by atoms with van der Waals surface area (Å²) in [5, 5.41) is 59.5. The van der Waals surface area contributed by atoms with E-state index in [-0.39, 0.29) is 47.7 Å². The smallest absolute Gasteiger partial charge is 0.303 e. The van der Waals surface area contributed by atoms with E-state index >= 15 is 0 Å². The molecule has 5 rings (SSSR count). The van der Waals surface area contributed by atoms with E-state index in [0.29, 0.717) is 50.9 Å². The maximum Gasteiger partial charge on any atom is 0.303 e. The average molecular weight is 835 g/mol. The van der Waals surface area contributed by atoms with Crippen LogP contribution in [0.15, 0.2) is 110 Å². The van der Waals surface area contributed by atoms with Crippen molar-refractivity contribution < 1.29 is 44.6 Å². The van der Waals surface area contributed by atoms with Crippen molar-refractivity contribution in [3.8, 4) is 0 Å². The summed E-state index contributed by atoms with van der Waals surface area (Å²) in [6, 6.07) is 20.6.